The summed E-state index contributed by atoms with van der Waals surface area (Å²) < 4.78 is 0.978. The van der Waals surface area contributed by atoms with Gasteiger partial charge < -0.3 is 11.1 Å². The number of thiocarbonyl (C=S) groups is 1. The maximum Gasteiger partial charge on any atom is 0.106 e. The van der Waals surface area contributed by atoms with Crippen LogP contribution in [0.5, 0.6) is 0 Å². The van der Waals surface area contributed by atoms with Gasteiger partial charge in [0.2, 0.25) is 0 Å². The Hall–Kier alpha value is -0.910. The molecule has 1 heterocycles. The number of thiophene rings is 1. The fraction of sp³-hybridized carbons (Fsp3) is 0.214. The van der Waals surface area contributed by atoms with E-state index in [4.69, 9.17) is 18.0 Å². The van der Waals surface area contributed by atoms with E-state index in [-0.39, 0.29) is 0 Å². The van der Waals surface area contributed by atoms with E-state index in [1.165, 1.54) is 10.4 Å². The molecule has 0 atom stereocenters. The lowest BCUT2D eigenvalue weighted by Crippen LogP contribution is -2.13. The Morgan fingerprint density at radius 2 is 2.21 bits per heavy atom. The molecule has 0 saturated heterocycles. The number of nitrogens with two attached hydrogens (primary N) is 1. The molecule has 0 radical (unpaired) electrons. The van der Waals surface area contributed by atoms with Gasteiger partial charge in [0.1, 0.15) is 4.99 Å². The first kappa shape index (κ1) is 14.5. The van der Waals surface area contributed by atoms with Crippen LogP contribution in [0.25, 0.3) is 0 Å². The third-order valence-electron chi connectivity index (χ3n) is 2.91. The zero-order valence-corrected chi connectivity index (χ0v) is 13.8. The predicted octanol–water partition coefficient (Wildman–Crippen LogP) is 4.32. The summed E-state index contributed by atoms with van der Waals surface area (Å²) in [6, 6.07) is 8.11. The second-order valence-corrected chi connectivity index (χ2v) is 6.49. The van der Waals surface area contributed by atoms with Crippen molar-refractivity contribution in [3.8, 4) is 0 Å². The van der Waals surface area contributed by atoms with Crippen LogP contribution in [-0.2, 0) is 13.0 Å². The highest BCUT2D eigenvalue weighted by molar-refractivity contribution is 9.10. The molecule has 0 fully saturated rings. The van der Waals surface area contributed by atoms with E-state index >= 15 is 0 Å². The molecule has 3 N–H and O–H groups in total. The highest BCUT2D eigenvalue weighted by Gasteiger charge is 2.07. The summed E-state index contributed by atoms with van der Waals surface area (Å²) in [5.41, 5.74) is 9.01. The van der Waals surface area contributed by atoms with Gasteiger partial charge in [-0.1, -0.05) is 35.1 Å². The molecule has 0 spiro atoms. The normalized spacial score (nSPS) is 10.4. The first-order valence-electron chi connectivity index (χ1n) is 6.00. The molecular weight excluding hydrogens is 340 g/mol. The molecule has 100 valence electrons. The summed E-state index contributed by atoms with van der Waals surface area (Å²) >= 11 is 10.3. The Bertz CT molecular complexity index is 593. The standard InChI is InChI=1S/C14H15BrN2S2/c1-2-9-5-6-19-13(9)8-17-12-4-3-10(15)7-11(12)14(16)18/h3-7,17H,2,8H2,1H3,(H2,16,18). The van der Waals surface area contributed by atoms with Crippen molar-refractivity contribution in [1.29, 1.82) is 0 Å². The summed E-state index contributed by atoms with van der Waals surface area (Å²) in [6.07, 6.45) is 1.06. The molecule has 1 aromatic heterocycles. The molecule has 2 nitrogen and oxygen atoms in total. The van der Waals surface area contributed by atoms with Crippen molar-refractivity contribution in [3.05, 3.63) is 50.1 Å². The fourth-order valence-corrected chi connectivity index (χ4v) is 3.33. The largest absolute Gasteiger partial charge is 0.389 e. The first-order valence-corrected chi connectivity index (χ1v) is 8.08. The van der Waals surface area contributed by atoms with Crippen molar-refractivity contribution in [2.45, 2.75) is 19.9 Å². The molecule has 2 rings (SSSR count). The fourth-order valence-electron chi connectivity index (χ4n) is 1.89. The van der Waals surface area contributed by atoms with Crippen LogP contribution in [0.2, 0.25) is 0 Å². The van der Waals surface area contributed by atoms with Crippen molar-refractivity contribution < 1.29 is 0 Å². The van der Waals surface area contributed by atoms with Crippen LogP contribution in [0.1, 0.15) is 22.9 Å². The van der Waals surface area contributed by atoms with Crippen molar-refractivity contribution >= 4 is 50.2 Å². The quantitative estimate of drug-likeness (QED) is 0.785. The van der Waals surface area contributed by atoms with Gasteiger partial charge in [-0.3, -0.25) is 0 Å². The number of halogens is 1. The topological polar surface area (TPSA) is 38.0 Å². The van der Waals surface area contributed by atoms with E-state index in [0.29, 0.717) is 4.99 Å². The summed E-state index contributed by atoms with van der Waals surface area (Å²) in [7, 11) is 0. The molecule has 5 heteroatoms. The number of hydrogen-bond donors (Lipinski definition) is 2. The van der Waals surface area contributed by atoms with Crippen molar-refractivity contribution in [3.63, 3.8) is 0 Å². The monoisotopic (exact) mass is 354 g/mol. The molecule has 2 aromatic rings. The van der Waals surface area contributed by atoms with E-state index in [0.717, 1.165) is 28.7 Å². The van der Waals surface area contributed by atoms with Gasteiger partial charge in [0.15, 0.2) is 0 Å². The highest BCUT2D eigenvalue weighted by atomic mass is 79.9. The first-order chi connectivity index (χ1) is 9.11. The lowest BCUT2D eigenvalue weighted by Gasteiger charge is -2.11. The van der Waals surface area contributed by atoms with Gasteiger partial charge in [-0.2, -0.15) is 0 Å². The second-order valence-electron chi connectivity index (χ2n) is 4.13. The van der Waals surface area contributed by atoms with Gasteiger partial charge in [0, 0.05) is 27.1 Å². The smallest absolute Gasteiger partial charge is 0.106 e. The van der Waals surface area contributed by atoms with E-state index in [1.54, 1.807) is 11.3 Å². The molecule has 0 aliphatic carbocycles. The van der Waals surface area contributed by atoms with Crippen LogP contribution in [-0.4, -0.2) is 4.99 Å². The van der Waals surface area contributed by atoms with Gasteiger partial charge in [0.25, 0.3) is 0 Å². The molecule has 0 unspecified atom stereocenters. The number of aryl methyl sites for hydroxylation is 1. The minimum atomic E-state index is 0.408. The van der Waals surface area contributed by atoms with E-state index in [9.17, 15) is 0 Å². The van der Waals surface area contributed by atoms with Crippen LogP contribution in [0.3, 0.4) is 0 Å². The maximum absolute atomic E-state index is 5.76. The second kappa shape index (κ2) is 6.50. The van der Waals surface area contributed by atoms with Gasteiger partial charge in [-0.25, -0.2) is 0 Å². The maximum atomic E-state index is 5.76. The predicted molar refractivity (Wildman–Crippen MR) is 91.1 cm³/mol. The van der Waals surface area contributed by atoms with E-state index < -0.39 is 0 Å². The molecule has 0 bridgehead atoms. The van der Waals surface area contributed by atoms with Gasteiger partial charge >= 0.3 is 0 Å². The summed E-state index contributed by atoms with van der Waals surface area (Å²) in [6.45, 7) is 2.98. The van der Waals surface area contributed by atoms with Gasteiger partial charge in [-0.15, -0.1) is 11.3 Å². The summed E-state index contributed by atoms with van der Waals surface area (Å²) in [4.78, 5) is 1.77. The molecular formula is C14H15BrN2S2. The van der Waals surface area contributed by atoms with E-state index in [1.807, 2.05) is 18.2 Å². The van der Waals surface area contributed by atoms with Crippen LogP contribution in [0.4, 0.5) is 5.69 Å². The van der Waals surface area contributed by atoms with Crippen molar-refractivity contribution in [1.82, 2.24) is 0 Å². The molecule has 0 amide bonds. The minimum Gasteiger partial charge on any atom is -0.389 e. The Balaban J connectivity index is 2.18. The Morgan fingerprint density at radius 1 is 1.42 bits per heavy atom. The number of anilines is 1. The van der Waals surface area contributed by atoms with Crippen LogP contribution in [0, 0.1) is 0 Å². The Labute approximate surface area is 131 Å². The van der Waals surface area contributed by atoms with Gasteiger partial charge in [-0.05, 0) is 41.6 Å². The molecule has 19 heavy (non-hydrogen) atoms. The third kappa shape index (κ3) is 3.55. The zero-order valence-electron chi connectivity index (χ0n) is 10.6. The lowest BCUT2D eigenvalue weighted by atomic mass is 10.1. The SMILES string of the molecule is CCc1ccsc1CNc1ccc(Br)cc1C(N)=S. The summed E-state index contributed by atoms with van der Waals surface area (Å²) in [5.74, 6) is 0. The Morgan fingerprint density at radius 3 is 2.89 bits per heavy atom. The number of benzene rings is 1. The number of hydrogen-bond acceptors (Lipinski definition) is 3. The van der Waals surface area contributed by atoms with Crippen molar-refractivity contribution in [2.24, 2.45) is 5.73 Å². The van der Waals surface area contributed by atoms with E-state index in [2.05, 4.69) is 39.6 Å². The molecule has 0 aliphatic rings. The zero-order chi connectivity index (χ0) is 13.8. The molecule has 1 aromatic carbocycles. The minimum absolute atomic E-state index is 0.408. The van der Waals surface area contributed by atoms with Crippen LogP contribution >= 0.6 is 39.5 Å². The number of rotatable bonds is 5. The average molecular weight is 355 g/mol. The van der Waals surface area contributed by atoms with Gasteiger partial charge in [0.05, 0.1) is 0 Å². The average Bonchev–Trinajstić information content (AvgIpc) is 2.84. The third-order valence-corrected chi connectivity index (χ3v) is 4.58. The van der Waals surface area contributed by atoms with Crippen molar-refractivity contribution in [2.75, 3.05) is 5.32 Å². The summed E-state index contributed by atoms with van der Waals surface area (Å²) in [5, 5.41) is 5.55. The molecule has 0 saturated carbocycles. The number of nitrogens with one attached hydrogen (secondary N) is 1. The lowest BCUT2D eigenvalue weighted by molar-refractivity contribution is 1.08. The van der Waals surface area contributed by atoms with Crippen LogP contribution in [0.15, 0.2) is 34.1 Å². The van der Waals surface area contributed by atoms with Crippen LogP contribution < -0.4 is 11.1 Å². The molecule has 0 aliphatic heterocycles. The Kier molecular flexibility index (Phi) is 4.96. The highest BCUT2D eigenvalue weighted by Crippen LogP contribution is 2.24.